The molecule has 1 unspecified atom stereocenters. The van der Waals surface area contributed by atoms with Crippen molar-refractivity contribution in [1.29, 1.82) is 0 Å². The Bertz CT molecular complexity index is 563. The molecule has 3 fully saturated rings. The molecule has 0 amide bonds. The molecule has 26 heavy (non-hydrogen) atoms. The van der Waals surface area contributed by atoms with Gasteiger partial charge in [-0.1, -0.05) is 52.4 Å². The topological polar surface area (TPSA) is 48.0 Å². The van der Waals surface area contributed by atoms with Crippen molar-refractivity contribution in [3.05, 3.63) is 5.82 Å². The first-order valence-corrected chi connectivity index (χ1v) is 11.3. The maximum Gasteiger partial charge on any atom is 0.209 e. The maximum atomic E-state index is 4.60. The van der Waals surface area contributed by atoms with Gasteiger partial charge in [0.05, 0.1) is 19.1 Å². The summed E-state index contributed by atoms with van der Waals surface area (Å²) in [4.78, 5) is 1.76. The van der Waals surface area contributed by atoms with Crippen LogP contribution >= 0.6 is 0 Å². The Balaban J connectivity index is 1.57. The summed E-state index contributed by atoms with van der Waals surface area (Å²) in [6.45, 7) is 7.38. The van der Waals surface area contributed by atoms with Gasteiger partial charge in [0.15, 0.2) is 6.04 Å². The SMILES string of the molecule is CC(C)[C@H](c1nnnn1C1CCCCC1)[NH+]1CCCC2(CCCCC2)C1. The Morgan fingerprint density at radius 1 is 0.962 bits per heavy atom. The third-order valence-electron chi connectivity index (χ3n) is 7.54. The van der Waals surface area contributed by atoms with Crippen molar-refractivity contribution in [2.24, 2.45) is 11.3 Å². The van der Waals surface area contributed by atoms with Gasteiger partial charge in [0, 0.05) is 11.3 Å². The van der Waals surface area contributed by atoms with Crippen LogP contribution in [-0.2, 0) is 0 Å². The van der Waals surface area contributed by atoms with Gasteiger partial charge in [-0.2, -0.15) is 0 Å². The molecule has 5 heteroatoms. The lowest BCUT2D eigenvalue weighted by molar-refractivity contribution is -0.948. The number of quaternary nitrogens is 1. The van der Waals surface area contributed by atoms with E-state index < -0.39 is 0 Å². The highest BCUT2D eigenvalue weighted by Crippen LogP contribution is 2.41. The van der Waals surface area contributed by atoms with Crippen molar-refractivity contribution in [2.45, 2.75) is 103 Å². The third kappa shape index (κ3) is 3.69. The average Bonchev–Trinajstić information content (AvgIpc) is 3.12. The zero-order valence-electron chi connectivity index (χ0n) is 16.9. The lowest BCUT2D eigenvalue weighted by Gasteiger charge is -2.45. The first-order chi connectivity index (χ1) is 12.7. The number of hydrogen-bond donors (Lipinski definition) is 1. The predicted molar refractivity (Wildman–Crippen MR) is 103 cm³/mol. The highest BCUT2D eigenvalue weighted by molar-refractivity contribution is 4.94. The molecule has 1 aromatic rings. The van der Waals surface area contributed by atoms with Gasteiger partial charge < -0.3 is 4.90 Å². The van der Waals surface area contributed by atoms with Gasteiger partial charge in [-0.3, -0.25) is 0 Å². The second kappa shape index (κ2) is 7.95. The van der Waals surface area contributed by atoms with E-state index in [0.29, 0.717) is 23.4 Å². The molecule has 0 bridgehead atoms. The number of piperidine rings is 1. The summed E-state index contributed by atoms with van der Waals surface area (Å²) in [5.41, 5.74) is 0.613. The Labute approximate surface area is 158 Å². The third-order valence-corrected chi connectivity index (χ3v) is 7.54. The van der Waals surface area contributed by atoms with Crippen LogP contribution in [-0.4, -0.2) is 33.3 Å². The first-order valence-electron chi connectivity index (χ1n) is 11.3. The van der Waals surface area contributed by atoms with E-state index in [1.165, 1.54) is 96.0 Å². The molecule has 2 heterocycles. The maximum absolute atomic E-state index is 4.60. The number of likely N-dealkylation sites (tertiary alicyclic amines) is 1. The Hall–Kier alpha value is -0.970. The fourth-order valence-electron chi connectivity index (χ4n) is 6.29. The standard InChI is InChI=1S/C21H37N5/c1-17(2)19(20-22-23-24-26(20)18-10-5-3-6-11-18)25-15-9-14-21(16-25)12-7-4-8-13-21/h17-19H,3-16H2,1-2H3/p+1/t19-/m1/s1. The average molecular weight is 361 g/mol. The Morgan fingerprint density at radius 3 is 2.38 bits per heavy atom. The quantitative estimate of drug-likeness (QED) is 0.894. The number of hydrogen-bond acceptors (Lipinski definition) is 3. The van der Waals surface area contributed by atoms with Crippen LogP contribution in [0.4, 0.5) is 0 Å². The predicted octanol–water partition coefficient (Wildman–Crippen LogP) is 3.50. The van der Waals surface area contributed by atoms with Crippen molar-refractivity contribution in [3.63, 3.8) is 0 Å². The van der Waals surface area contributed by atoms with Crippen LogP contribution in [0.5, 0.6) is 0 Å². The fourth-order valence-corrected chi connectivity index (χ4v) is 6.29. The summed E-state index contributed by atoms with van der Waals surface area (Å²) in [7, 11) is 0. The van der Waals surface area contributed by atoms with E-state index >= 15 is 0 Å². The first kappa shape index (κ1) is 18.4. The molecular formula is C21H38N5+. The van der Waals surface area contributed by atoms with Gasteiger partial charge in [0.1, 0.15) is 0 Å². The summed E-state index contributed by atoms with van der Waals surface area (Å²) in [5.74, 6) is 1.76. The second-order valence-corrected chi connectivity index (χ2v) is 9.74. The summed E-state index contributed by atoms with van der Waals surface area (Å²) in [6.07, 6.45) is 16.6. The van der Waals surface area contributed by atoms with E-state index in [2.05, 4.69) is 34.1 Å². The molecule has 1 saturated heterocycles. The molecule has 4 rings (SSSR count). The molecule has 2 atom stereocenters. The minimum Gasteiger partial charge on any atom is -0.325 e. The molecule has 1 aliphatic heterocycles. The van der Waals surface area contributed by atoms with Crippen LogP contribution < -0.4 is 4.90 Å². The number of tetrazole rings is 1. The van der Waals surface area contributed by atoms with Crippen LogP contribution in [0.1, 0.15) is 109 Å². The van der Waals surface area contributed by atoms with Crippen LogP contribution in [0.15, 0.2) is 0 Å². The molecule has 2 aliphatic carbocycles. The summed E-state index contributed by atoms with van der Waals surface area (Å²) >= 11 is 0. The Kier molecular flexibility index (Phi) is 5.63. The van der Waals surface area contributed by atoms with Crippen LogP contribution in [0.3, 0.4) is 0 Å². The lowest BCUT2D eigenvalue weighted by Crippen LogP contribution is -3.15. The van der Waals surface area contributed by atoms with E-state index in [1.54, 1.807) is 4.90 Å². The summed E-state index contributed by atoms with van der Waals surface area (Å²) < 4.78 is 2.24. The van der Waals surface area contributed by atoms with Crippen molar-refractivity contribution in [3.8, 4) is 0 Å². The lowest BCUT2D eigenvalue weighted by atomic mass is 9.69. The van der Waals surface area contributed by atoms with Crippen molar-refractivity contribution in [1.82, 2.24) is 20.2 Å². The summed E-state index contributed by atoms with van der Waals surface area (Å²) in [5, 5.41) is 13.2. The molecule has 0 radical (unpaired) electrons. The zero-order chi connectivity index (χ0) is 18.0. The number of rotatable bonds is 4. The van der Waals surface area contributed by atoms with Crippen molar-refractivity contribution in [2.75, 3.05) is 13.1 Å². The highest BCUT2D eigenvalue weighted by Gasteiger charge is 2.44. The van der Waals surface area contributed by atoms with Crippen LogP contribution in [0, 0.1) is 11.3 Å². The monoisotopic (exact) mass is 360 g/mol. The van der Waals surface area contributed by atoms with Gasteiger partial charge in [-0.05, 0) is 49.0 Å². The zero-order valence-corrected chi connectivity index (χ0v) is 16.9. The molecule has 146 valence electrons. The normalized spacial score (nSPS) is 28.5. The van der Waals surface area contributed by atoms with Gasteiger partial charge >= 0.3 is 0 Å². The smallest absolute Gasteiger partial charge is 0.209 e. The molecule has 2 saturated carbocycles. The van der Waals surface area contributed by atoms with Gasteiger partial charge in [-0.25, -0.2) is 4.68 Å². The molecule has 3 aliphatic rings. The van der Waals surface area contributed by atoms with E-state index in [1.807, 2.05) is 0 Å². The number of aromatic nitrogens is 4. The minimum absolute atomic E-state index is 0.450. The Morgan fingerprint density at radius 2 is 1.65 bits per heavy atom. The fraction of sp³-hybridized carbons (Fsp3) is 0.952. The van der Waals surface area contributed by atoms with Crippen molar-refractivity contribution < 1.29 is 4.90 Å². The molecule has 1 aromatic heterocycles. The van der Waals surface area contributed by atoms with Gasteiger partial charge in [0.2, 0.25) is 5.82 Å². The van der Waals surface area contributed by atoms with E-state index in [0.717, 1.165) is 0 Å². The molecule has 0 aromatic carbocycles. The van der Waals surface area contributed by atoms with Gasteiger partial charge in [-0.15, -0.1) is 5.10 Å². The van der Waals surface area contributed by atoms with Crippen molar-refractivity contribution >= 4 is 0 Å². The number of nitrogens with one attached hydrogen (secondary N) is 1. The van der Waals surface area contributed by atoms with E-state index in [-0.39, 0.29) is 0 Å². The molecule has 1 N–H and O–H groups in total. The van der Waals surface area contributed by atoms with Gasteiger partial charge in [0.25, 0.3) is 0 Å². The summed E-state index contributed by atoms with van der Waals surface area (Å²) in [6, 6.07) is 0.980. The van der Waals surface area contributed by atoms with Crippen LogP contribution in [0.2, 0.25) is 0 Å². The van der Waals surface area contributed by atoms with E-state index in [4.69, 9.17) is 0 Å². The highest BCUT2D eigenvalue weighted by atomic mass is 15.6. The van der Waals surface area contributed by atoms with Crippen LogP contribution in [0.25, 0.3) is 0 Å². The molecule has 5 nitrogen and oxygen atoms in total. The number of nitrogens with zero attached hydrogens (tertiary/aromatic N) is 4. The largest absolute Gasteiger partial charge is 0.325 e. The molecular weight excluding hydrogens is 322 g/mol. The molecule has 1 spiro atoms. The van der Waals surface area contributed by atoms with E-state index in [9.17, 15) is 0 Å². The minimum atomic E-state index is 0.450. The second-order valence-electron chi connectivity index (χ2n) is 9.74.